The normalized spacial score (nSPS) is 21.5. The molecule has 0 aromatic carbocycles. The summed E-state index contributed by atoms with van der Waals surface area (Å²) in [4.78, 5) is 49.8. The summed E-state index contributed by atoms with van der Waals surface area (Å²) in [6.07, 6.45) is 6.73. The third-order valence-electron chi connectivity index (χ3n) is 7.09. The zero-order chi connectivity index (χ0) is 23.8. The highest BCUT2D eigenvalue weighted by Crippen LogP contribution is 2.12. The number of nitrogens with zero attached hydrogens (tertiary/aromatic N) is 4. The molecule has 2 amide bonds. The Hall–Kier alpha value is -2.23. The van der Waals surface area contributed by atoms with Gasteiger partial charge in [0.05, 0.1) is 13.1 Å². The number of carbonyl (C=O) groups excluding carboxylic acids is 2. The summed E-state index contributed by atoms with van der Waals surface area (Å²) < 4.78 is 0. The second-order valence-corrected chi connectivity index (χ2v) is 9.92. The van der Waals surface area contributed by atoms with Crippen molar-refractivity contribution in [2.45, 2.75) is 51.6 Å². The standard InChI is InChI=1S/C25H40N6O3/c32-23-15-21-17-28(19-24(33)30-9-3-1-4-10-30)13-7-26-8-14-29(18-22(16-23)27-21)20-25(34)31-11-5-2-6-12-31/h15-16,26H,1-14,17-20H2,(H,27,32). The molecule has 34 heavy (non-hydrogen) atoms. The molecule has 0 aliphatic carbocycles. The van der Waals surface area contributed by atoms with Gasteiger partial charge < -0.3 is 20.1 Å². The van der Waals surface area contributed by atoms with Crippen molar-refractivity contribution in [2.75, 3.05) is 65.4 Å². The second kappa shape index (κ2) is 12.5. The lowest BCUT2D eigenvalue weighted by molar-refractivity contribution is -0.134. The third kappa shape index (κ3) is 7.38. The van der Waals surface area contributed by atoms with Gasteiger partial charge in [-0.3, -0.25) is 24.2 Å². The maximum absolute atomic E-state index is 12.9. The monoisotopic (exact) mass is 472 g/mol. The van der Waals surface area contributed by atoms with E-state index in [4.69, 9.17) is 0 Å². The van der Waals surface area contributed by atoms with Gasteiger partial charge in [0, 0.05) is 89.0 Å². The van der Waals surface area contributed by atoms with Gasteiger partial charge in [0.1, 0.15) is 0 Å². The Morgan fingerprint density at radius 2 is 1.12 bits per heavy atom. The molecular weight excluding hydrogens is 432 g/mol. The van der Waals surface area contributed by atoms with E-state index >= 15 is 0 Å². The summed E-state index contributed by atoms with van der Waals surface area (Å²) in [5.41, 5.74) is 1.59. The van der Waals surface area contributed by atoms with Crippen LogP contribution in [-0.4, -0.2) is 102 Å². The van der Waals surface area contributed by atoms with E-state index in [-0.39, 0.29) is 17.2 Å². The quantitative estimate of drug-likeness (QED) is 0.667. The molecule has 1 aromatic rings. The molecule has 0 saturated carbocycles. The van der Waals surface area contributed by atoms with Gasteiger partial charge in [-0.25, -0.2) is 0 Å². The molecule has 188 valence electrons. The van der Waals surface area contributed by atoms with E-state index < -0.39 is 0 Å². The first-order valence-corrected chi connectivity index (χ1v) is 13.0. The Labute approximate surface area is 202 Å². The van der Waals surface area contributed by atoms with Crippen LogP contribution in [0.3, 0.4) is 0 Å². The molecule has 9 heteroatoms. The summed E-state index contributed by atoms with van der Waals surface area (Å²) in [7, 11) is 0. The largest absolute Gasteiger partial charge is 0.360 e. The summed E-state index contributed by atoms with van der Waals surface area (Å²) in [6, 6.07) is 3.26. The number of piperidine rings is 2. The van der Waals surface area contributed by atoms with E-state index in [9.17, 15) is 14.4 Å². The summed E-state index contributed by atoms with van der Waals surface area (Å²) in [5, 5.41) is 3.48. The molecule has 0 radical (unpaired) electrons. The van der Waals surface area contributed by atoms with Crippen LogP contribution in [0.5, 0.6) is 0 Å². The van der Waals surface area contributed by atoms with Crippen LogP contribution in [0, 0.1) is 0 Å². The van der Waals surface area contributed by atoms with Crippen molar-refractivity contribution in [1.82, 2.24) is 29.9 Å². The van der Waals surface area contributed by atoms with Gasteiger partial charge in [-0.15, -0.1) is 0 Å². The Morgan fingerprint density at radius 1 is 0.676 bits per heavy atom. The lowest BCUT2D eigenvalue weighted by Gasteiger charge is -2.31. The first-order valence-electron chi connectivity index (χ1n) is 13.0. The number of amides is 2. The fourth-order valence-corrected chi connectivity index (χ4v) is 5.21. The Balaban J connectivity index is 1.43. The lowest BCUT2D eigenvalue weighted by atomic mass is 10.1. The van der Waals surface area contributed by atoms with E-state index in [1.54, 1.807) is 12.1 Å². The smallest absolute Gasteiger partial charge is 0.236 e. The van der Waals surface area contributed by atoms with E-state index in [1.807, 2.05) is 9.80 Å². The minimum atomic E-state index is -0.0384. The number of aromatic nitrogens is 1. The summed E-state index contributed by atoms with van der Waals surface area (Å²) in [5.74, 6) is 0.348. The number of hydrogen-bond donors (Lipinski definition) is 2. The number of H-pyrrole nitrogens is 1. The Morgan fingerprint density at radius 3 is 1.56 bits per heavy atom. The van der Waals surface area contributed by atoms with Crippen LogP contribution in [0.4, 0.5) is 0 Å². The average Bonchev–Trinajstić information content (AvgIpc) is 2.83. The van der Waals surface area contributed by atoms with E-state index in [0.717, 1.165) is 89.4 Å². The topological polar surface area (TPSA) is 92.0 Å². The maximum atomic E-state index is 12.9. The summed E-state index contributed by atoms with van der Waals surface area (Å²) in [6.45, 7) is 8.13. The highest BCUT2D eigenvalue weighted by Gasteiger charge is 2.22. The highest BCUT2D eigenvalue weighted by atomic mass is 16.2. The van der Waals surface area contributed by atoms with Crippen LogP contribution in [0.25, 0.3) is 0 Å². The van der Waals surface area contributed by atoms with E-state index in [1.165, 1.54) is 12.8 Å². The molecule has 1 aromatic heterocycles. The molecule has 2 fully saturated rings. The minimum absolute atomic E-state index is 0.0384. The number of nitrogens with one attached hydrogen (secondary N) is 2. The molecule has 3 aliphatic heterocycles. The molecule has 4 rings (SSSR count). The lowest BCUT2D eigenvalue weighted by Crippen LogP contribution is -2.46. The van der Waals surface area contributed by atoms with Gasteiger partial charge in [0.2, 0.25) is 11.8 Å². The van der Waals surface area contributed by atoms with Gasteiger partial charge in [0.15, 0.2) is 5.43 Å². The van der Waals surface area contributed by atoms with Crippen molar-refractivity contribution in [3.05, 3.63) is 33.7 Å². The van der Waals surface area contributed by atoms with Crippen LogP contribution in [0.15, 0.2) is 16.9 Å². The molecule has 0 atom stereocenters. The van der Waals surface area contributed by atoms with Gasteiger partial charge in [-0.2, -0.15) is 0 Å². The summed E-state index contributed by atoms with van der Waals surface area (Å²) >= 11 is 0. The minimum Gasteiger partial charge on any atom is -0.360 e. The zero-order valence-corrected chi connectivity index (χ0v) is 20.4. The van der Waals surface area contributed by atoms with Crippen LogP contribution in [0.1, 0.15) is 49.9 Å². The van der Waals surface area contributed by atoms with Gasteiger partial charge >= 0.3 is 0 Å². The molecule has 2 N–H and O–H groups in total. The number of fused-ring (bicyclic) bond motifs is 2. The van der Waals surface area contributed by atoms with Crippen molar-refractivity contribution >= 4 is 11.8 Å². The van der Waals surface area contributed by atoms with E-state index in [2.05, 4.69) is 20.1 Å². The number of carbonyl (C=O) groups is 2. The molecular formula is C25H40N6O3. The Bertz CT molecular complexity index is 810. The molecule has 3 aliphatic rings. The molecule has 0 spiro atoms. The first kappa shape index (κ1) is 24.9. The predicted molar refractivity (Wildman–Crippen MR) is 131 cm³/mol. The van der Waals surface area contributed by atoms with E-state index in [0.29, 0.717) is 26.2 Å². The van der Waals surface area contributed by atoms with Gasteiger partial charge in [-0.05, 0) is 38.5 Å². The van der Waals surface area contributed by atoms with Crippen molar-refractivity contribution < 1.29 is 9.59 Å². The number of rotatable bonds is 4. The highest BCUT2D eigenvalue weighted by molar-refractivity contribution is 5.78. The van der Waals surface area contributed by atoms with Crippen LogP contribution in [-0.2, 0) is 22.7 Å². The second-order valence-electron chi connectivity index (χ2n) is 9.92. The SMILES string of the molecule is O=C(CN1CCNCCN(CC(=O)N2CCCCC2)Cc2cc(=O)cc([nH]2)C1)N1CCCCC1. The fourth-order valence-electron chi connectivity index (χ4n) is 5.21. The van der Waals surface area contributed by atoms with Gasteiger partial charge in [-0.1, -0.05) is 0 Å². The third-order valence-corrected chi connectivity index (χ3v) is 7.09. The fraction of sp³-hybridized carbons (Fsp3) is 0.720. The van der Waals surface area contributed by atoms with Gasteiger partial charge in [0.25, 0.3) is 0 Å². The molecule has 2 bridgehead atoms. The van der Waals surface area contributed by atoms with Crippen LogP contribution >= 0.6 is 0 Å². The predicted octanol–water partition coefficient (Wildman–Crippen LogP) is 0.607. The molecule has 9 nitrogen and oxygen atoms in total. The average molecular weight is 473 g/mol. The van der Waals surface area contributed by atoms with Crippen molar-refractivity contribution in [3.8, 4) is 0 Å². The van der Waals surface area contributed by atoms with Crippen LogP contribution < -0.4 is 10.7 Å². The first-order chi connectivity index (χ1) is 16.6. The number of aromatic amines is 1. The molecule has 0 unspecified atom stereocenters. The van der Waals surface area contributed by atoms with Crippen molar-refractivity contribution in [3.63, 3.8) is 0 Å². The zero-order valence-electron chi connectivity index (χ0n) is 20.4. The number of likely N-dealkylation sites (tertiary alicyclic amines) is 2. The Kier molecular flexibility index (Phi) is 9.12. The van der Waals surface area contributed by atoms with Crippen molar-refractivity contribution in [1.29, 1.82) is 0 Å². The number of pyridine rings is 1. The van der Waals surface area contributed by atoms with Crippen LogP contribution in [0.2, 0.25) is 0 Å². The maximum Gasteiger partial charge on any atom is 0.236 e. The molecule has 4 heterocycles. The van der Waals surface area contributed by atoms with Crippen molar-refractivity contribution in [2.24, 2.45) is 0 Å². The molecule has 2 saturated heterocycles. The number of hydrogen-bond acceptors (Lipinski definition) is 6.